The summed E-state index contributed by atoms with van der Waals surface area (Å²) >= 11 is 5.45. The minimum Gasteiger partial charge on any atom is -0.331 e. The van der Waals surface area contributed by atoms with E-state index >= 15 is 0 Å². The van der Waals surface area contributed by atoms with Gasteiger partial charge in [0, 0.05) is 0 Å². The molecule has 60 valence electrons. The van der Waals surface area contributed by atoms with Crippen LogP contribution in [0.2, 0.25) is 0 Å². The van der Waals surface area contributed by atoms with Crippen LogP contribution < -0.4 is 5.32 Å². The Morgan fingerprint density at radius 2 is 2.55 bits per heavy atom. The summed E-state index contributed by atoms with van der Waals surface area (Å²) in [5.74, 6) is 0. The molecule has 1 rings (SSSR count). The quantitative estimate of drug-likeness (QED) is 0.362. The first-order chi connectivity index (χ1) is 5.11. The Bertz CT molecular complexity index is 248. The normalized spacial score (nSPS) is 23.3. The molecule has 1 N–H and O–H groups in total. The highest BCUT2D eigenvalue weighted by Crippen LogP contribution is 2.10. The highest BCUT2D eigenvalue weighted by atomic mass is 35.5. The van der Waals surface area contributed by atoms with E-state index in [0.29, 0.717) is 0 Å². The molecule has 5 nitrogen and oxygen atoms in total. The molecule has 0 bridgehead atoms. The van der Waals surface area contributed by atoms with Gasteiger partial charge >= 0.3 is 0 Å². The maximum Gasteiger partial charge on any atom is 0.286 e. The van der Waals surface area contributed by atoms with Gasteiger partial charge in [-0.1, -0.05) is 0 Å². The van der Waals surface area contributed by atoms with Crippen molar-refractivity contribution < 1.29 is 4.92 Å². The minimum absolute atomic E-state index is 0.0226. The number of hydrogen-bond acceptors (Lipinski definition) is 4. The Morgan fingerprint density at radius 3 is 3.00 bits per heavy atom. The zero-order chi connectivity index (χ0) is 8.43. The van der Waals surface area contributed by atoms with Crippen molar-refractivity contribution in [1.29, 1.82) is 0 Å². The van der Waals surface area contributed by atoms with Crippen LogP contribution in [0.3, 0.4) is 0 Å². The molecule has 1 atom stereocenters. The van der Waals surface area contributed by atoms with Crippen LogP contribution in [0.15, 0.2) is 16.9 Å². The molecule has 0 aromatic heterocycles. The molecule has 1 heterocycles. The molecule has 0 radical (unpaired) electrons. The Morgan fingerprint density at radius 1 is 1.91 bits per heavy atom. The van der Waals surface area contributed by atoms with Crippen LogP contribution in [0, 0.1) is 10.1 Å². The van der Waals surface area contributed by atoms with E-state index < -0.39 is 11.0 Å². The summed E-state index contributed by atoms with van der Waals surface area (Å²) in [4.78, 5) is 13.5. The van der Waals surface area contributed by atoms with Crippen LogP contribution in [0.4, 0.5) is 0 Å². The highest BCUT2D eigenvalue weighted by Gasteiger charge is 2.22. The van der Waals surface area contributed by atoms with Crippen LogP contribution in [-0.4, -0.2) is 16.3 Å². The summed E-state index contributed by atoms with van der Waals surface area (Å²) in [6.45, 7) is 1.61. The number of amidine groups is 1. The molecule has 1 unspecified atom stereocenters. The third-order valence-corrected chi connectivity index (χ3v) is 1.49. The van der Waals surface area contributed by atoms with Gasteiger partial charge in [-0.05, 0) is 18.5 Å². The molecule has 1 aliphatic rings. The Kier molecular flexibility index (Phi) is 2.09. The first-order valence-electron chi connectivity index (χ1n) is 2.95. The summed E-state index contributed by atoms with van der Waals surface area (Å²) in [5.41, 5.74) is 0.0226. The van der Waals surface area contributed by atoms with Gasteiger partial charge in [0.1, 0.15) is 6.04 Å². The van der Waals surface area contributed by atoms with Gasteiger partial charge in [0.2, 0.25) is 0 Å². The van der Waals surface area contributed by atoms with E-state index in [2.05, 4.69) is 10.3 Å². The zero-order valence-electron chi connectivity index (χ0n) is 5.74. The molecule has 1 aliphatic heterocycles. The lowest BCUT2D eigenvalue weighted by Gasteiger charge is -2.09. The lowest BCUT2D eigenvalue weighted by molar-refractivity contribution is -0.429. The van der Waals surface area contributed by atoms with Gasteiger partial charge < -0.3 is 5.32 Å². The van der Waals surface area contributed by atoms with E-state index in [1.165, 1.54) is 6.20 Å². The fourth-order valence-corrected chi connectivity index (χ4v) is 0.934. The average Bonchev–Trinajstić information content (AvgIpc) is 1.85. The van der Waals surface area contributed by atoms with Crippen molar-refractivity contribution in [3.05, 3.63) is 22.0 Å². The van der Waals surface area contributed by atoms with Crippen molar-refractivity contribution in [1.82, 2.24) is 5.32 Å². The Balaban J connectivity index is 2.80. The zero-order valence-corrected chi connectivity index (χ0v) is 6.50. The second-order valence-corrected chi connectivity index (χ2v) is 2.42. The monoisotopic (exact) mass is 175 g/mol. The average molecular weight is 176 g/mol. The smallest absolute Gasteiger partial charge is 0.286 e. The van der Waals surface area contributed by atoms with Crippen molar-refractivity contribution in [2.24, 2.45) is 4.99 Å². The third kappa shape index (κ3) is 1.68. The molecule has 0 spiro atoms. The summed E-state index contributed by atoms with van der Waals surface area (Å²) < 4.78 is 0. The van der Waals surface area contributed by atoms with Crippen LogP contribution in [-0.2, 0) is 0 Å². The first kappa shape index (κ1) is 8.00. The third-order valence-electron chi connectivity index (χ3n) is 1.29. The van der Waals surface area contributed by atoms with Crippen LogP contribution in [0.25, 0.3) is 0 Å². The fourth-order valence-electron chi connectivity index (χ4n) is 0.733. The van der Waals surface area contributed by atoms with Crippen molar-refractivity contribution in [3.63, 3.8) is 0 Å². The topological polar surface area (TPSA) is 67.5 Å². The van der Waals surface area contributed by atoms with E-state index in [9.17, 15) is 10.1 Å². The molecule has 0 fully saturated rings. The van der Waals surface area contributed by atoms with Gasteiger partial charge in [-0.15, -0.1) is 0 Å². The lowest BCUT2D eigenvalue weighted by Crippen LogP contribution is -2.25. The Hall–Kier alpha value is -1.10. The van der Waals surface area contributed by atoms with Crippen molar-refractivity contribution >= 4 is 16.9 Å². The number of hydrogen-bond donors (Lipinski definition) is 1. The van der Waals surface area contributed by atoms with E-state index in [0.717, 1.165) is 0 Å². The van der Waals surface area contributed by atoms with Crippen LogP contribution >= 0.6 is 11.6 Å². The first-order valence-corrected chi connectivity index (χ1v) is 3.33. The van der Waals surface area contributed by atoms with Crippen molar-refractivity contribution in [2.45, 2.75) is 13.0 Å². The standard InChI is InChI=1S/C5H6ClN3O2/c1-3-4(9(10)11)2-7-5(6)8-3/h2-3H,1H3,(H,7,8). The van der Waals surface area contributed by atoms with Gasteiger partial charge in [0.15, 0.2) is 5.29 Å². The van der Waals surface area contributed by atoms with Gasteiger partial charge in [-0.25, -0.2) is 4.99 Å². The SMILES string of the molecule is CC1N=C(Cl)NC=C1[N+](=O)[O-]. The van der Waals surface area contributed by atoms with Gasteiger partial charge in [-0.3, -0.25) is 10.1 Å². The second-order valence-electron chi connectivity index (χ2n) is 2.07. The lowest BCUT2D eigenvalue weighted by atomic mass is 10.2. The van der Waals surface area contributed by atoms with Gasteiger partial charge in [-0.2, -0.15) is 0 Å². The molecule has 0 saturated carbocycles. The van der Waals surface area contributed by atoms with Crippen molar-refractivity contribution in [2.75, 3.05) is 0 Å². The minimum atomic E-state index is -0.482. The Labute approximate surface area is 67.9 Å². The molecular formula is C5H6ClN3O2. The van der Waals surface area contributed by atoms with Gasteiger partial charge in [0.05, 0.1) is 11.1 Å². The molecule has 0 saturated heterocycles. The number of nitrogens with zero attached hydrogens (tertiary/aromatic N) is 2. The van der Waals surface area contributed by atoms with E-state index in [1.807, 2.05) is 0 Å². The van der Waals surface area contributed by atoms with Crippen LogP contribution in [0.5, 0.6) is 0 Å². The number of rotatable bonds is 1. The number of aliphatic imine (C=N–C) groups is 1. The van der Waals surface area contributed by atoms with E-state index in [1.54, 1.807) is 6.92 Å². The number of nitro groups is 1. The van der Waals surface area contributed by atoms with Crippen LogP contribution in [0.1, 0.15) is 6.92 Å². The maximum absolute atomic E-state index is 10.3. The van der Waals surface area contributed by atoms with E-state index in [4.69, 9.17) is 11.6 Å². The van der Waals surface area contributed by atoms with Crippen molar-refractivity contribution in [3.8, 4) is 0 Å². The molecule has 0 aromatic rings. The number of halogens is 1. The van der Waals surface area contributed by atoms with E-state index in [-0.39, 0.29) is 11.0 Å². The molecule has 0 amide bonds. The second kappa shape index (κ2) is 2.87. The molecule has 0 aliphatic carbocycles. The summed E-state index contributed by atoms with van der Waals surface area (Å²) in [5, 5.41) is 12.9. The molecule has 11 heavy (non-hydrogen) atoms. The molecule has 6 heteroatoms. The summed E-state index contributed by atoms with van der Waals surface area (Å²) in [6.07, 6.45) is 1.25. The predicted octanol–water partition coefficient (Wildman–Crippen LogP) is 0.691. The summed E-state index contributed by atoms with van der Waals surface area (Å²) in [7, 11) is 0. The number of nitrogens with one attached hydrogen (secondary N) is 1. The highest BCUT2D eigenvalue weighted by molar-refractivity contribution is 6.64. The maximum atomic E-state index is 10.3. The van der Waals surface area contributed by atoms with Gasteiger partial charge in [0.25, 0.3) is 5.70 Å². The largest absolute Gasteiger partial charge is 0.331 e. The fraction of sp³-hybridized carbons (Fsp3) is 0.400. The molecule has 0 aromatic carbocycles. The molecular weight excluding hydrogens is 170 g/mol. The predicted molar refractivity (Wildman–Crippen MR) is 41.0 cm³/mol. The summed E-state index contributed by atoms with van der Waals surface area (Å²) in [6, 6.07) is -0.473.